The van der Waals surface area contributed by atoms with Gasteiger partial charge in [0.1, 0.15) is 11.2 Å². The Morgan fingerprint density at radius 3 is 2.52 bits per heavy atom. The number of ether oxygens (including phenoxy) is 2. The highest BCUT2D eigenvalue weighted by atomic mass is 16.5. The summed E-state index contributed by atoms with van der Waals surface area (Å²) in [5, 5.41) is 9.10. The van der Waals surface area contributed by atoms with Gasteiger partial charge < -0.3 is 14.6 Å². The first-order valence-electron chi connectivity index (χ1n) is 7.56. The quantitative estimate of drug-likeness (QED) is 0.498. The van der Waals surface area contributed by atoms with Crippen LogP contribution < -0.4 is 4.74 Å². The highest BCUT2D eigenvalue weighted by Crippen LogP contribution is 2.24. The highest BCUT2D eigenvalue weighted by molar-refractivity contribution is 5.80. The van der Waals surface area contributed by atoms with Crippen molar-refractivity contribution in [2.45, 2.75) is 27.2 Å². The minimum atomic E-state index is -0.952. The summed E-state index contributed by atoms with van der Waals surface area (Å²) in [7, 11) is 1.61. The molecule has 0 aliphatic rings. The third-order valence-corrected chi connectivity index (χ3v) is 3.41. The van der Waals surface area contributed by atoms with Crippen LogP contribution in [0, 0.1) is 17.3 Å². The Hall–Kier alpha value is -2.25. The van der Waals surface area contributed by atoms with Crippen LogP contribution in [0.25, 0.3) is 0 Å². The summed E-state index contributed by atoms with van der Waals surface area (Å²) >= 11 is 0. The second-order valence-corrected chi connectivity index (χ2v) is 5.44. The Morgan fingerprint density at radius 1 is 1.35 bits per heavy atom. The summed E-state index contributed by atoms with van der Waals surface area (Å²) in [4.78, 5) is 12.3. The fourth-order valence-corrected chi connectivity index (χ4v) is 1.80. The van der Waals surface area contributed by atoms with E-state index in [0.717, 1.165) is 16.9 Å². The lowest BCUT2D eigenvalue weighted by atomic mass is 9.86. The number of carbonyl (C=O) groups excluding carboxylic acids is 1. The van der Waals surface area contributed by atoms with Crippen LogP contribution >= 0.6 is 0 Å². The van der Waals surface area contributed by atoms with E-state index >= 15 is 0 Å². The molecule has 0 heterocycles. The van der Waals surface area contributed by atoms with Gasteiger partial charge in [0.05, 0.1) is 20.3 Å². The predicted octanol–water partition coefficient (Wildman–Crippen LogP) is 2.94. The van der Waals surface area contributed by atoms with Gasteiger partial charge in [0.15, 0.2) is 0 Å². The predicted molar refractivity (Wildman–Crippen MR) is 90.1 cm³/mol. The summed E-state index contributed by atoms with van der Waals surface area (Å²) in [5.74, 6) is 6.44. The van der Waals surface area contributed by atoms with Gasteiger partial charge in [-0.1, -0.05) is 23.5 Å². The molecule has 0 saturated heterocycles. The van der Waals surface area contributed by atoms with E-state index in [1.54, 1.807) is 21.0 Å². The van der Waals surface area contributed by atoms with Gasteiger partial charge in [0.2, 0.25) is 0 Å². The van der Waals surface area contributed by atoms with Crippen LogP contribution in [-0.2, 0) is 9.53 Å². The number of carbonyl (C=O) groups is 1. The fourth-order valence-electron chi connectivity index (χ4n) is 1.80. The fraction of sp³-hybridized carbons (Fsp3) is 0.421. The molecule has 1 N–H and O–H groups in total. The molecule has 0 aliphatic carbocycles. The number of rotatable bonds is 6. The van der Waals surface area contributed by atoms with Gasteiger partial charge in [-0.05, 0) is 51.5 Å². The number of methoxy groups -OCH3 is 1. The van der Waals surface area contributed by atoms with Gasteiger partial charge in [0.25, 0.3) is 0 Å². The van der Waals surface area contributed by atoms with Crippen molar-refractivity contribution >= 4 is 5.97 Å². The number of benzene rings is 1. The lowest BCUT2D eigenvalue weighted by molar-refractivity contribution is -0.150. The van der Waals surface area contributed by atoms with Crippen molar-refractivity contribution in [1.29, 1.82) is 0 Å². The molecule has 1 rings (SSSR count). The van der Waals surface area contributed by atoms with E-state index in [1.165, 1.54) is 0 Å². The summed E-state index contributed by atoms with van der Waals surface area (Å²) in [6.45, 7) is 5.60. The van der Waals surface area contributed by atoms with Crippen molar-refractivity contribution < 1.29 is 19.4 Å². The van der Waals surface area contributed by atoms with Crippen LogP contribution in [0.3, 0.4) is 0 Å². The van der Waals surface area contributed by atoms with Gasteiger partial charge in [0, 0.05) is 5.56 Å². The third kappa shape index (κ3) is 5.80. The first-order valence-corrected chi connectivity index (χ1v) is 7.56. The Morgan fingerprint density at radius 2 is 2.00 bits per heavy atom. The number of aliphatic hydroxyl groups excluding tert-OH is 1. The average molecular weight is 316 g/mol. The number of hydrogen-bond donors (Lipinski definition) is 1. The van der Waals surface area contributed by atoms with Crippen LogP contribution in [0.5, 0.6) is 5.75 Å². The van der Waals surface area contributed by atoms with Gasteiger partial charge in [-0.3, -0.25) is 4.79 Å². The molecule has 0 aromatic heterocycles. The number of hydrogen-bond acceptors (Lipinski definition) is 4. The molecule has 0 spiro atoms. The summed E-state index contributed by atoms with van der Waals surface area (Å²) in [5.41, 5.74) is 0.641. The maximum absolute atomic E-state index is 12.3. The normalized spacial score (nSPS) is 13.5. The largest absolute Gasteiger partial charge is 0.497 e. The van der Waals surface area contributed by atoms with E-state index in [4.69, 9.17) is 14.6 Å². The molecule has 1 aromatic rings. The number of allylic oxidation sites excluding steroid dienone is 1. The van der Waals surface area contributed by atoms with Crippen LogP contribution in [0.2, 0.25) is 0 Å². The maximum Gasteiger partial charge on any atom is 0.324 e. The lowest BCUT2D eigenvalue weighted by Crippen LogP contribution is -2.28. The highest BCUT2D eigenvalue weighted by Gasteiger charge is 2.31. The summed E-state index contributed by atoms with van der Waals surface area (Å²) < 4.78 is 10.3. The second-order valence-electron chi connectivity index (χ2n) is 5.44. The van der Waals surface area contributed by atoms with Crippen LogP contribution in [0.1, 0.15) is 32.8 Å². The maximum atomic E-state index is 12.3. The second kappa shape index (κ2) is 9.02. The lowest BCUT2D eigenvalue weighted by Gasteiger charge is -2.20. The Kier molecular flexibility index (Phi) is 7.37. The summed E-state index contributed by atoms with van der Waals surface area (Å²) in [6, 6.07) is 7.32. The monoisotopic (exact) mass is 316 g/mol. The molecule has 1 aromatic carbocycles. The first-order chi connectivity index (χ1) is 10.9. The Labute approximate surface area is 138 Å². The smallest absolute Gasteiger partial charge is 0.324 e. The number of esters is 1. The van der Waals surface area contributed by atoms with Crippen LogP contribution in [0.4, 0.5) is 0 Å². The molecular formula is C19H24O4. The molecule has 23 heavy (non-hydrogen) atoms. The Bertz CT molecular complexity index is 604. The van der Waals surface area contributed by atoms with Gasteiger partial charge in [-0.25, -0.2) is 0 Å². The molecular weight excluding hydrogens is 292 g/mol. The standard InChI is InChI=1S/C19H24O4/c1-5-23-18(21)19(3,12-10-15(2)14-20)13-11-16-6-8-17(22-4)9-7-16/h6-10,20H,5,12,14H2,1-4H3/b15-10+. The SMILES string of the molecule is CCOC(=O)C(C)(C#Cc1ccc(OC)cc1)C/C=C(\C)CO. The van der Waals surface area contributed by atoms with Crippen molar-refractivity contribution in [3.05, 3.63) is 41.5 Å². The zero-order valence-corrected chi connectivity index (χ0v) is 14.2. The van der Waals surface area contributed by atoms with E-state index in [-0.39, 0.29) is 12.6 Å². The molecule has 0 saturated carbocycles. The van der Waals surface area contributed by atoms with Crippen molar-refractivity contribution in [2.75, 3.05) is 20.3 Å². The molecule has 1 atom stereocenters. The molecule has 0 aliphatic heterocycles. The van der Waals surface area contributed by atoms with Gasteiger partial charge in [-0.2, -0.15) is 0 Å². The van der Waals surface area contributed by atoms with E-state index in [0.29, 0.717) is 13.0 Å². The topological polar surface area (TPSA) is 55.8 Å². The van der Waals surface area contributed by atoms with Crippen molar-refractivity contribution in [2.24, 2.45) is 5.41 Å². The van der Waals surface area contributed by atoms with E-state index in [1.807, 2.05) is 37.3 Å². The van der Waals surface area contributed by atoms with Crippen LogP contribution in [0.15, 0.2) is 35.9 Å². The van der Waals surface area contributed by atoms with E-state index in [9.17, 15) is 4.79 Å². The van der Waals surface area contributed by atoms with Crippen LogP contribution in [-0.4, -0.2) is 31.4 Å². The molecule has 0 radical (unpaired) electrons. The molecule has 124 valence electrons. The third-order valence-electron chi connectivity index (χ3n) is 3.41. The molecule has 4 nitrogen and oxygen atoms in total. The Balaban J connectivity index is 3.04. The van der Waals surface area contributed by atoms with E-state index < -0.39 is 5.41 Å². The average Bonchev–Trinajstić information content (AvgIpc) is 2.58. The zero-order valence-electron chi connectivity index (χ0n) is 14.2. The summed E-state index contributed by atoms with van der Waals surface area (Å²) in [6.07, 6.45) is 2.21. The van der Waals surface area contributed by atoms with Gasteiger partial charge >= 0.3 is 5.97 Å². The van der Waals surface area contributed by atoms with Crippen molar-refractivity contribution in [3.63, 3.8) is 0 Å². The van der Waals surface area contributed by atoms with Crippen molar-refractivity contribution in [1.82, 2.24) is 0 Å². The molecule has 0 amide bonds. The number of aliphatic hydroxyl groups is 1. The zero-order chi connectivity index (χ0) is 17.3. The minimum Gasteiger partial charge on any atom is -0.497 e. The molecule has 1 unspecified atom stereocenters. The molecule has 0 fully saturated rings. The minimum absolute atomic E-state index is 0.0369. The molecule has 0 bridgehead atoms. The van der Waals surface area contributed by atoms with E-state index in [2.05, 4.69) is 11.8 Å². The van der Waals surface area contributed by atoms with Crippen molar-refractivity contribution in [3.8, 4) is 17.6 Å². The van der Waals surface area contributed by atoms with Gasteiger partial charge in [-0.15, -0.1) is 0 Å². The first kappa shape index (κ1) is 18.8. The molecule has 4 heteroatoms.